The van der Waals surface area contributed by atoms with E-state index in [9.17, 15) is 4.79 Å². The van der Waals surface area contributed by atoms with Crippen LogP contribution in [0.1, 0.15) is 47.0 Å². The van der Waals surface area contributed by atoms with E-state index in [0.717, 1.165) is 18.4 Å². The molecule has 0 unspecified atom stereocenters. The lowest BCUT2D eigenvalue weighted by Crippen LogP contribution is -2.53. The van der Waals surface area contributed by atoms with Gasteiger partial charge in [0.1, 0.15) is 0 Å². The molecular weight excluding hydrogens is 224 g/mol. The number of nitrogens with one attached hydrogen (secondary N) is 1. The first-order chi connectivity index (χ1) is 8.36. The maximum Gasteiger partial charge on any atom is 0.240 e. The van der Waals surface area contributed by atoms with E-state index >= 15 is 0 Å². The normalized spacial score (nSPS) is 33.6. The van der Waals surface area contributed by atoms with Gasteiger partial charge in [0, 0.05) is 12.6 Å². The summed E-state index contributed by atoms with van der Waals surface area (Å²) in [5, 5.41) is 3.21. The number of fused-ring (bicyclic) bond motifs is 1. The zero-order valence-corrected chi connectivity index (χ0v) is 12.5. The zero-order chi connectivity index (χ0) is 13.5. The maximum atomic E-state index is 12.7. The number of carbonyl (C=O) groups is 1. The van der Waals surface area contributed by atoms with Crippen molar-refractivity contribution in [3.63, 3.8) is 0 Å². The zero-order valence-electron chi connectivity index (χ0n) is 12.5. The standard InChI is InChI=1S/C15H28N2O/c1-10-12-8-6-7-11(12)9-17(10)14(18)13(16-5)15(2,3)4/h10-13,16H,6-9H2,1-5H3/t10-,11+,12-,13-/m1/s1. The van der Waals surface area contributed by atoms with Crippen LogP contribution in [-0.2, 0) is 4.79 Å². The topological polar surface area (TPSA) is 32.3 Å². The Bertz CT molecular complexity index is 321. The van der Waals surface area contributed by atoms with Gasteiger partial charge in [-0.25, -0.2) is 0 Å². The summed E-state index contributed by atoms with van der Waals surface area (Å²) in [5.74, 6) is 1.82. The number of hydrogen-bond donors (Lipinski definition) is 1. The summed E-state index contributed by atoms with van der Waals surface area (Å²) in [4.78, 5) is 14.9. The van der Waals surface area contributed by atoms with Crippen LogP contribution >= 0.6 is 0 Å². The van der Waals surface area contributed by atoms with E-state index in [4.69, 9.17) is 0 Å². The van der Waals surface area contributed by atoms with Gasteiger partial charge in [-0.05, 0) is 44.1 Å². The number of hydrogen-bond acceptors (Lipinski definition) is 2. The third kappa shape index (κ3) is 2.29. The molecule has 0 aromatic rings. The first-order valence-corrected chi connectivity index (χ1v) is 7.34. The van der Waals surface area contributed by atoms with Crippen molar-refractivity contribution in [1.82, 2.24) is 10.2 Å². The number of likely N-dealkylation sites (tertiary alicyclic amines) is 1. The van der Waals surface area contributed by atoms with E-state index in [2.05, 4.69) is 37.9 Å². The van der Waals surface area contributed by atoms with Gasteiger partial charge < -0.3 is 10.2 Å². The fraction of sp³-hybridized carbons (Fsp3) is 0.933. The van der Waals surface area contributed by atoms with Crippen LogP contribution in [0, 0.1) is 17.3 Å². The average Bonchev–Trinajstić information content (AvgIpc) is 2.80. The molecule has 1 aliphatic heterocycles. The second-order valence-electron chi connectivity index (χ2n) is 7.17. The molecule has 1 saturated heterocycles. The number of amides is 1. The minimum atomic E-state index is -0.0706. The third-order valence-corrected chi connectivity index (χ3v) is 4.95. The van der Waals surface area contributed by atoms with Crippen molar-refractivity contribution in [3.8, 4) is 0 Å². The van der Waals surface area contributed by atoms with Gasteiger partial charge in [0.15, 0.2) is 0 Å². The predicted molar refractivity (Wildman–Crippen MR) is 74.3 cm³/mol. The van der Waals surface area contributed by atoms with Crippen molar-refractivity contribution >= 4 is 5.91 Å². The van der Waals surface area contributed by atoms with Gasteiger partial charge in [-0.3, -0.25) is 4.79 Å². The van der Waals surface area contributed by atoms with E-state index in [1.165, 1.54) is 19.3 Å². The van der Waals surface area contributed by atoms with Gasteiger partial charge in [-0.15, -0.1) is 0 Å². The Kier molecular flexibility index (Phi) is 3.72. The Hall–Kier alpha value is -0.570. The van der Waals surface area contributed by atoms with Gasteiger partial charge in [0.2, 0.25) is 5.91 Å². The molecule has 18 heavy (non-hydrogen) atoms. The molecule has 4 atom stereocenters. The summed E-state index contributed by atoms with van der Waals surface area (Å²) in [6, 6.07) is 0.363. The first kappa shape index (κ1) is 13.9. The van der Waals surface area contributed by atoms with Crippen LogP contribution in [-0.4, -0.2) is 36.5 Å². The highest BCUT2D eigenvalue weighted by atomic mass is 16.2. The van der Waals surface area contributed by atoms with E-state index in [-0.39, 0.29) is 11.5 Å². The molecule has 0 spiro atoms. The van der Waals surface area contributed by atoms with E-state index in [1.807, 2.05) is 7.05 Å². The predicted octanol–water partition coefficient (Wildman–Crippen LogP) is 2.27. The van der Waals surface area contributed by atoms with Crippen molar-refractivity contribution < 1.29 is 4.79 Å². The second kappa shape index (κ2) is 4.84. The molecule has 2 rings (SSSR count). The van der Waals surface area contributed by atoms with E-state index < -0.39 is 0 Å². The van der Waals surface area contributed by atoms with Crippen molar-refractivity contribution in [1.29, 1.82) is 0 Å². The minimum absolute atomic E-state index is 0.0246. The largest absolute Gasteiger partial charge is 0.338 e. The Morgan fingerprint density at radius 3 is 2.50 bits per heavy atom. The van der Waals surface area contributed by atoms with Crippen LogP contribution in [0.15, 0.2) is 0 Å². The molecule has 3 heteroatoms. The molecule has 104 valence electrons. The van der Waals surface area contributed by atoms with Crippen LogP contribution in [0.3, 0.4) is 0 Å². The minimum Gasteiger partial charge on any atom is -0.338 e. The molecule has 2 fully saturated rings. The lowest BCUT2D eigenvalue weighted by Gasteiger charge is -2.35. The van der Waals surface area contributed by atoms with Crippen LogP contribution in [0.5, 0.6) is 0 Å². The number of likely N-dealkylation sites (N-methyl/N-ethyl adjacent to an activating group) is 1. The molecule has 1 saturated carbocycles. The highest BCUT2D eigenvalue weighted by molar-refractivity contribution is 5.83. The number of rotatable bonds is 2. The summed E-state index contributed by atoms with van der Waals surface area (Å²) in [6.07, 6.45) is 3.99. The summed E-state index contributed by atoms with van der Waals surface area (Å²) in [5.41, 5.74) is -0.0246. The molecule has 0 aromatic heterocycles. The Labute approximate surface area is 111 Å². The van der Waals surface area contributed by atoms with Crippen LogP contribution in [0.4, 0.5) is 0 Å². The number of nitrogens with zero attached hydrogens (tertiary/aromatic N) is 1. The maximum absolute atomic E-state index is 12.7. The van der Waals surface area contributed by atoms with Gasteiger partial charge in [-0.2, -0.15) is 0 Å². The monoisotopic (exact) mass is 252 g/mol. The quantitative estimate of drug-likeness (QED) is 0.817. The molecule has 1 N–H and O–H groups in total. The molecule has 1 amide bonds. The highest BCUT2D eigenvalue weighted by Gasteiger charge is 2.46. The molecule has 3 nitrogen and oxygen atoms in total. The highest BCUT2D eigenvalue weighted by Crippen LogP contribution is 2.42. The second-order valence-corrected chi connectivity index (χ2v) is 7.17. The van der Waals surface area contributed by atoms with Gasteiger partial charge in [0.05, 0.1) is 6.04 Å². The summed E-state index contributed by atoms with van der Waals surface area (Å²) in [7, 11) is 1.90. The molecule has 1 aliphatic carbocycles. The number of carbonyl (C=O) groups excluding carboxylic acids is 1. The lowest BCUT2D eigenvalue weighted by atomic mass is 9.85. The van der Waals surface area contributed by atoms with Crippen molar-refractivity contribution in [3.05, 3.63) is 0 Å². The van der Waals surface area contributed by atoms with Gasteiger partial charge in [-0.1, -0.05) is 27.2 Å². The fourth-order valence-electron chi connectivity index (χ4n) is 3.96. The average molecular weight is 252 g/mol. The van der Waals surface area contributed by atoms with Crippen LogP contribution in [0.2, 0.25) is 0 Å². The Morgan fingerprint density at radius 1 is 1.33 bits per heavy atom. The molecule has 0 bridgehead atoms. The van der Waals surface area contributed by atoms with Crippen LogP contribution < -0.4 is 5.32 Å². The Balaban J connectivity index is 2.10. The molecule has 0 aromatic carbocycles. The molecule has 1 heterocycles. The van der Waals surface area contributed by atoms with Crippen molar-refractivity contribution in [2.24, 2.45) is 17.3 Å². The van der Waals surface area contributed by atoms with Gasteiger partial charge >= 0.3 is 0 Å². The van der Waals surface area contributed by atoms with Crippen molar-refractivity contribution in [2.75, 3.05) is 13.6 Å². The van der Waals surface area contributed by atoms with Crippen molar-refractivity contribution in [2.45, 2.75) is 59.0 Å². The van der Waals surface area contributed by atoms with Gasteiger partial charge in [0.25, 0.3) is 0 Å². The smallest absolute Gasteiger partial charge is 0.240 e. The summed E-state index contributed by atoms with van der Waals surface area (Å²) >= 11 is 0. The summed E-state index contributed by atoms with van der Waals surface area (Å²) in [6.45, 7) is 9.62. The SMILES string of the molecule is CN[C@H](C(=O)N1C[C@@H]2CCC[C@@H]2[C@H]1C)C(C)(C)C. The van der Waals surface area contributed by atoms with E-state index in [1.54, 1.807) is 0 Å². The molecule has 0 radical (unpaired) electrons. The lowest BCUT2D eigenvalue weighted by molar-refractivity contribution is -0.137. The Morgan fingerprint density at radius 2 is 2.00 bits per heavy atom. The fourth-order valence-corrected chi connectivity index (χ4v) is 3.96. The third-order valence-electron chi connectivity index (χ3n) is 4.95. The summed E-state index contributed by atoms with van der Waals surface area (Å²) < 4.78 is 0. The van der Waals surface area contributed by atoms with E-state index in [0.29, 0.717) is 11.9 Å². The first-order valence-electron chi connectivity index (χ1n) is 7.34. The molecular formula is C15H28N2O. The molecule has 2 aliphatic rings. The van der Waals surface area contributed by atoms with Crippen LogP contribution in [0.25, 0.3) is 0 Å².